The first-order chi connectivity index (χ1) is 11.8. The molecule has 0 unspecified atom stereocenters. The Hall–Kier alpha value is -1.02. The molecule has 3 atom stereocenters. The molecule has 130 valence electrons. The van der Waals surface area contributed by atoms with Crippen molar-refractivity contribution in [1.29, 1.82) is 0 Å². The van der Waals surface area contributed by atoms with E-state index in [0.717, 1.165) is 17.9 Å². The topological polar surface area (TPSA) is 23.5 Å². The minimum atomic E-state index is 0.376. The zero-order valence-electron chi connectivity index (χ0n) is 14.8. The summed E-state index contributed by atoms with van der Waals surface area (Å²) in [6.45, 7) is 2.64. The minimum Gasteiger partial charge on any atom is -0.508 e. The Bertz CT molecular complexity index is 620. The highest BCUT2D eigenvalue weighted by Gasteiger charge is 2.53. The third-order valence-electron chi connectivity index (χ3n) is 7.90. The first-order valence-corrected chi connectivity index (χ1v) is 10.3. The van der Waals surface area contributed by atoms with E-state index >= 15 is 0 Å². The van der Waals surface area contributed by atoms with Crippen LogP contribution in [0.1, 0.15) is 68.9 Å². The fourth-order valence-electron chi connectivity index (χ4n) is 6.82. The van der Waals surface area contributed by atoms with Crippen molar-refractivity contribution in [2.75, 3.05) is 13.1 Å². The molecule has 2 heteroatoms. The molecule has 3 aliphatic carbocycles. The van der Waals surface area contributed by atoms with Crippen LogP contribution in [0.5, 0.6) is 5.75 Å². The number of rotatable bonds is 2. The SMILES string of the molecule is Oc1ccc2c(c1)[C@@]13CCCC[C@H]1[C@@H](C2)N(CC1CCCC1)CC3. The highest BCUT2D eigenvalue weighted by Crippen LogP contribution is 2.56. The maximum Gasteiger partial charge on any atom is 0.115 e. The first-order valence-electron chi connectivity index (χ1n) is 10.3. The molecule has 0 spiro atoms. The molecule has 1 aromatic carbocycles. The van der Waals surface area contributed by atoms with E-state index in [2.05, 4.69) is 17.0 Å². The van der Waals surface area contributed by atoms with Crippen LogP contribution in [0.4, 0.5) is 0 Å². The number of likely N-dealkylation sites (tertiary alicyclic amines) is 1. The van der Waals surface area contributed by atoms with Gasteiger partial charge < -0.3 is 5.11 Å². The van der Waals surface area contributed by atoms with Gasteiger partial charge in [-0.25, -0.2) is 0 Å². The summed E-state index contributed by atoms with van der Waals surface area (Å²) in [4.78, 5) is 2.89. The van der Waals surface area contributed by atoms with Crippen molar-refractivity contribution < 1.29 is 5.11 Å². The largest absolute Gasteiger partial charge is 0.508 e. The zero-order valence-corrected chi connectivity index (χ0v) is 14.8. The summed E-state index contributed by atoms with van der Waals surface area (Å²) in [6.07, 6.45) is 13.9. The van der Waals surface area contributed by atoms with Gasteiger partial charge in [-0.15, -0.1) is 0 Å². The number of benzene rings is 1. The van der Waals surface area contributed by atoms with Crippen molar-refractivity contribution in [3.8, 4) is 5.75 Å². The fraction of sp³-hybridized carbons (Fsp3) is 0.727. The Morgan fingerprint density at radius 2 is 1.88 bits per heavy atom. The molecule has 0 radical (unpaired) electrons. The number of aromatic hydroxyl groups is 1. The Morgan fingerprint density at radius 3 is 2.75 bits per heavy atom. The maximum absolute atomic E-state index is 10.1. The average Bonchev–Trinajstić information content (AvgIpc) is 3.11. The van der Waals surface area contributed by atoms with Crippen LogP contribution in [0.15, 0.2) is 18.2 Å². The molecule has 1 N–H and O–H groups in total. The number of piperidine rings is 1. The fourth-order valence-corrected chi connectivity index (χ4v) is 6.82. The van der Waals surface area contributed by atoms with E-state index in [1.54, 1.807) is 0 Å². The number of phenols is 1. The lowest BCUT2D eigenvalue weighted by molar-refractivity contribution is -0.0180. The van der Waals surface area contributed by atoms with E-state index in [0.29, 0.717) is 11.2 Å². The number of hydrogen-bond donors (Lipinski definition) is 1. The lowest BCUT2D eigenvalue weighted by Gasteiger charge is -2.59. The van der Waals surface area contributed by atoms with Crippen molar-refractivity contribution in [2.24, 2.45) is 11.8 Å². The van der Waals surface area contributed by atoms with Crippen LogP contribution in [0.2, 0.25) is 0 Å². The lowest BCUT2D eigenvalue weighted by atomic mass is 9.52. The average molecular weight is 325 g/mol. The smallest absolute Gasteiger partial charge is 0.115 e. The first kappa shape index (κ1) is 15.3. The highest BCUT2D eigenvalue weighted by molar-refractivity contribution is 5.45. The molecule has 24 heavy (non-hydrogen) atoms. The minimum absolute atomic E-state index is 0.376. The van der Waals surface area contributed by atoms with Crippen molar-refractivity contribution in [3.05, 3.63) is 29.3 Å². The van der Waals surface area contributed by atoms with E-state index in [1.807, 2.05) is 6.07 Å². The van der Waals surface area contributed by atoms with Crippen LogP contribution >= 0.6 is 0 Å². The van der Waals surface area contributed by atoms with Crippen LogP contribution in [-0.4, -0.2) is 29.1 Å². The van der Waals surface area contributed by atoms with Crippen LogP contribution < -0.4 is 0 Å². The summed E-state index contributed by atoms with van der Waals surface area (Å²) in [7, 11) is 0. The van der Waals surface area contributed by atoms with Gasteiger partial charge in [0.25, 0.3) is 0 Å². The zero-order chi connectivity index (χ0) is 16.1. The molecule has 2 bridgehead atoms. The molecule has 0 amide bonds. The number of fused-ring (bicyclic) bond motifs is 1. The number of phenolic OH excluding ortho intramolecular Hbond substituents is 1. The number of nitrogens with zero attached hydrogens (tertiary/aromatic N) is 1. The van der Waals surface area contributed by atoms with Gasteiger partial charge in [0.2, 0.25) is 0 Å². The van der Waals surface area contributed by atoms with E-state index in [9.17, 15) is 5.11 Å². The molecule has 1 aliphatic heterocycles. The quantitative estimate of drug-likeness (QED) is 0.856. The standard InChI is InChI=1S/C22H31NO/c24-18-9-8-17-13-21-19-7-3-4-10-22(19,20(17)14-18)11-12-23(21)15-16-5-1-2-6-16/h8-9,14,16,19,21,24H,1-7,10-13,15H2/t19-,21+,22+/m0/s1. The van der Waals surface area contributed by atoms with Crippen LogP contribution in [0.25, 0.3) is 0 Å². The molecule has 3 fully saturated rings. The van der Waals surface area contributed by atoms with Gasteiger partial charge in [0.05, 0.1) is 0 Å². The van der Waals surface area contributed by atoms with Gasteiger partial charge in [-0.1, -0.05) is 31.7 Å². The van der Waals surface area contributed by atoms with Crippen LogP contribution in [-0.2, 0) is 11.8 Å². The van der Waals surface area contributed by atoms with Crippen molar-refractivity contribution in [3.63, 3.8) is 0 Å². The Morgan fingerprint density at radius 1 is 1.04 bits per heavy atom. The molecule has 2 nitrogen and oxygen atoms in total. The van der Waals surface area contributed by atoms with Gasteiger partial charge in [0, 0.05) is 18.0 Å². The Labute approximate surface area is 146 Å². The van der Waals surface area contributed by atoms with E-state index in [-0.39, 0.29) is 0 Å². The summed E-state index contributed by atoms with van der Waals surface area (Å²) in [5.74, 6) is 2.26. The molecular formula is C22H31NO. The molecule has 2 saturated carbocycles. The molecule has 0 aromatic heterocycles. The number of hydrogen-bond acceptors (Lipinski definition) is 2. The predicted octanol–water partition coefficient (Wildman–Crippen LogP) is 4.64. The molecule has 1 heterocycles. The summed E-state index contributed by atoms with van der Waals surface area (Å²) in [6, 6.07) is 7.02. The second kappa shape index (κ2) is 5.76. The lowest BCUT2D eigenvalue weighted by Crippen LogP contribution is -2.61. The van der Waals surface area contributed by atoms with Gasteiger partial charge in [0.15, 0.2) is 0 Å². The molecular weight excluding hydrogens is 294 g/mol. The highest BCUT2D eigenvalue weighted by atomic mass is 16.3. The van der Waals surface area contributed by atoms with Gasteiger partial charge in [-0.2, -0.15) is 0 Å². The molecule has 1 aromatic rings. The van der Waals surface area contributed by atoms with Crippen LogP contribution in [0, 0.1) is 11.8 Å². The summed E-state index contributed by atoms with van der Waals surface area (Å²) >= 11 is 0. The Balaban J connectivity index is 1.51. The van der Waals surface area contributed by atoms with E-state index < -0.39 is 0 Å². The van der Waals surface area contributed by atoms with E-state index in [4.69, 9.17) is 0 Å². The third kappa shape index (κ3) is 2.25. The van der Waals surface area contributed by atoms with Crippen LogP contribution in [0.3, 0.4) is 0 Å². The van der Waals surface area contributed by atoms with Gasteiger partial charge in [-0.05, 0) is 80.2 Å². The summed E-state index contributed by atoms with van der Waals surface area (Å²) < 4.78 is 0. The molecule has 4 aliphatic rings. The third-order valence-corrected chi connectivity index (χ3v) is 7.90. The van der Waals surface area contributed by atoms with Crippen molar-refractivity contribution in [2.45, 2.75) is 75.7 Å². The maximum atomic E-state index is 10.1. The monoisotopic (exact) mass is 325 g/mol. The van der Waals surface area contributed by atoms with Gasteiger partial charge in [0.1, 0.15) is 5.75 Å². The van der Waals surface area contributed by atoms with Gasteiger partial charge in [-0.3, -0.25) is 4.90 Å². The Kier molecular flexibility index (Phi) is 3.66. The van der Waals surface area contributed by atoms with Crippen molar-refractivity contribution >= 4 is 0 Å². The molecule has 5 rings (SSSR count). The summed E-state index contributed by atoms with van der Waals surface area (Å²) in [5.41, 5.74) is 3.43. The second-order valence-electron chi connectivity index (χ2n) is 9.02. The summed E-state index contributed by atoms with van der Waals surface area (Å²) in [5, 5.41) is 10.1. The second-order valence-corrected chi connectivity index (χ2v) is 9.02. The molecule has 1 saturated heterocycles. The van der Waals surface area contributed by atoms with Crippen molar-refractivity contribution in [1.82, 2.24) is 4.90 Å². The van der Waals surface area contributed by atoms with E-state index in [1.165, 1.54) is 88.4 Å². The van der Waals surface area contributed by atoms with Gasteiger partial charge >= 0.3 is 0 Å². The normalized spacial score (nSPS) is 36.3. The predicted molar refractivity (Wildman–Crippen MR) is 97.4 cm³/mol.